The summed E-state index contributed by atoms with van der Waals surface area (Å²) in [5.74, 6) is 0.385. The minimum absolute atomic E-state index is 0.0182. The Bertz CT molecular complexity index is 346. The maximum Gasteiger partial charge on any atom is 0.0542 e. The highest BCUT2D eigenvalue weighted by atomic mass is 127. The maximum atomic E-state index is 6.18. The molecule has 0 spiro atoms. The molecular formula is C12H17ClINO. The second-order valence-electron chi connectivity index (χ2n) is 3.96. The van der Waals surface area contributed by atoms with Crippen molar-refractivity contribution in [2.45, 2.75) is 19.4 Å². The second-order valence-corrected chi connectivity index (χ2v) is 5.53. The van der Waals surface area contributed by atoms with E-state index in [2.05, 4.69) is 29.5 Å². The molecule has 1 aromatic rings. The summed E-state index contributed by atoms with van der Waals surface area (Å²) in [6.45, 7) is 2.88. The molecule has 0 aliphatic heterocycles. The Labute approximate surface area is 116 Å². The number of halogens is 2. The molecular weight excluding hydrogens is 336 g/mol. The van der Waals surface area contributed by atoms with E-state index in [4.69, 9.17) is 22.1 Å². The van der Waals surface area contributed by atoms with Crippen LogP contribution < -0.4 is 5.73 Å². The fraction of sp³-hybridized carbons (Fsp3) is 0.500. The summed E-state index contributed by atoms with van der Waals surface area (Å²) in [6.07, 6.45) is 0.960. The van der Waals surface area contributed by atoms with Crippen molar-refractivity contribution < 1.29 is 4.74 Å². The van der Waals surface area contributed by atoms with Gasteiger partial charge in [-0.3, -0.25) is 0 Å². The molecule has 90 valence electrons. The van der Waals surface area contributed by atoms with Crippen LogP contribution in [0.5, 0.6) is 0 Å². The Balaban J connectivity index is 2.71. The zero-order valence-electron chi connectivity index (χ0n) is 9.54. The van der Waals surface area contributed by atoms with Gasteiger partial charge in [0, 0.05) is 23.3 Å². The van der Waals surface area contributed by atoms with Crippen LogP contribution in [0.25, 0.3) is 0 Å². The molecule has 2 N–H and O–H groups in total. The Morgan fingerprint density at radius 1 is 1.50 bits per heavy atom. The molecule has 0 saturated carbocycles. The van der Waals surface area contributed by atoms with Gasteiger partial charge in [0.05, 0.1) is 5.02 Å². The lowest BCUT2D eigenvalue weighted by Crippen LogP contribution is -2.20. The van der Waals surface area contributed by atoms with E-state index < -0.39 is 0 Å². The van der Waals surface area contributed by atoms with E-state index in [1.807, 2.05) is 18.2 Å². The van der Waals surface area contributed by atoms with Gasteiger partial charge in [0.2, 0.25) is 0 Å². The van der Waals surface area contributed by atoms with E-state index in [-0.39, 0.29) is 6.04 Å². The number of nitrogens with two attached hydrogens (primary N) is 1. The largest absolute Gasteiger partial charge is 0.385 e. The van der Waals surface area contributed by atoms with E-state index in [0.717, 1.165) is 27.2 Å². The Morgan fingerprint density at radius 2 is 2.19 bits per heavy atom. The smallest absolute Gasteiger partial charge is 0.0542 e. The van der Waals surface area contributed by atoms with Crippen LogP contribution in [0.15, 0.2) is 18.2 Å². The molecule has 0 aromatic heterocycles. The van der Waals surface area contributed by atoms with Crippen molar-refractivity contribution in [3.63, 3.8) is 0 Å². The average molecular weight is 354 g/mol. The summed E-state index contributed by atoms with van der Waals surface area (Å²) in [5.41, 5.74) is 7.27. The predicted octanol–water partition coefficient (Wildman–Crippen LogP) is 3.62. The molecule has 16 heavy (non-hydrogen) atoms. The van der Waals surface area contributed by atoms with E-state index in [9.17, 15) is 0 Å². The first-order chi connectivity index (χ1) is 7.56. The molecule has 2 atom stereocenters. The highest BCUT2D eigenvalue weighted by molar-refractivity contribution is 14.1. The molecule has 0 saturated heterocycles. The molecule has 0 bridgehead atoms. The van der Waals surface area contributed by atoms with E-state index in [1.54, 1.807) is 7.11 Å². The molecule has 4 heteroatoms. The highest BCUT2D eigenvalue weighted by Crippen LogP contribution is 2.27. The number of methoxy groups -OCH3 is 1. The minimum atomic E-state index is 0.0182. The molecule has 0 heterocycles. The van der Waals surface area contributed by atoms with Gasteiger partial charge in [-0.25, -0.2) is 0 Å². The van der Waals surface area contributed by atoms with Crippen LogP contribution in [0.3, 0.4) is 0 Å². The van der Waals surface area contributed by atoms with Crippen LogP contribution in [-0.2, 0) is 4.74 Å². The number of benzene rings is 1. The number of rotatable bonds is 5. The first-order valence-electron chi connectivity index (χ1n) is 5.25. The van der Waals surface area contributed by atoms with E-state index in [0.29, 0.717) is 5.92 Å². The second kappa shape index (κ2) is 6.79. The third-order valence-electron chi connectivity index (χ3n) is 2.72. The van der Waals surface area contributed by atoms with E-state index in [1.165, 1.54) is 0 Å². The van der Waals surface area contributed by atoms with Gasteiger partial charge in [0.25, 0.3) is 0 Å². The third-order valence-corrected chi connectivity index (χ3v) is 4.29. The van der Waals surface area contributed by atoms with Crippen molar-refractivity contribution >= 4 is 34.2 Å². The van der Waals surface area contributed by atoms with Crippen molar-refractivity contribution in [3.05, 3.63) is 32.4 Å². The Hall–Kier alpha value is 0.160. The third kappa shape index (κ3) is 3.87. The van der Waals surface area contributed by atoms with Gasteiger partial charge in [0.15, 0.2) is 0 Å². The van der Waals surface area contributed by atoms with Crippen molar-refractivity contribution in [2.24, 2.45) is 11.7 Å². The molecule has 0 aliphatic carbocycles. The normalized spacial score (nSPS) is 14.8. The molecule has 0 fully saturated rings. The Kier molecular flexibility index (Phi) is 6.03. The van der Waals surface area contributed by atoms with Crippen LogP contribution in [0.4, 0.5) is 0 Å². The van der Waals surface area contributed by atoms with Crippen molar-refractivity contribution in [1.82, 2.24) is 0 Å². The maximum absolute atomic E-state index is 6.18. The van der Waals surface area contributed by atoms with Crippen LogP contribution in [0, 0.1) is 9.49 Å². The SMILES string of the molecule is COCCC(C)C(N)c1ccc(I)c(Cl)c1. The van der Waals surface area contributed by atoms with Gasteiger partial charge in [-0.2, -0.15) is 0 Å². The minimum Gasteiger partial charge on any atom is -0.385 e. The molecule has 2 nitrogen and oxygen atoms in total. The molecule has 0 radical (unpaired) electrons. The number of hydrogen-bond acceptors (Lipinski definition) is 2. The summed E-state index contributed by atoms with van der Waals surface area (Å²) in [7, 11) is 1.71. The molecule has 1 aromatic carbocycles. The molecule has 0 aliphatic rings. The van der Waals surface area contributed by atoms with Crippen molar-refractivity contribution in [2.75, 3.05) is 13.7 Å². The summed E-state index contributed by atoms with van der Waals surface area (Å²) in [5, 5.41) is 0.771. The van der Waals surface area contributed by atoms with Crippen LogP contribution in [0.1, 0.15) is 24.9 Å². The van der Waals surface area contributed by atoms with Gasteiger partial charge in [-0.15, -0.1) is 0 Å². The predicted molar refractivity (Wildman–Crippen MR) is 76.8 cm³/mol. The van der Waals surface area contributed by atoms with Crippen molar-refractivity contribution in [1.29, 1.82) is 0 Å². The van der Waals surface area contributed by atoms with Crippen molar-refractivity contribution in [3.8, 4) is 0 Å². The van der Waals surface area contributed by atoms with Crippen LogP contribution >= 0.6 is 34.2 Å². The van der Waals surface area contributed by atoms with Crippen LogP contribution in [-0.4, -0.2) is 13.7 Å². The molecule has 2 unspecified atom stereocenters. The molecule has 0 amide bonds. The van der Waals surface area contributed by atoms with Gasteiger partial charge >= 0.3 is 0 Å². The highest BCUT2D eigenvalue weighted by Gasteiger charge is 2.15. The van der Waals surface area contributed by atoms with Gasteiger partial charge in [-0.05, 0) is 52.6 Å². The first-order valence-corrected chi connectivity index (χ1v) is 6.71. The lowest BCUT2D eigenvalue weighted by molar-refractivity contribution is 0.174. The monoisotopic (exact) mass is 353 g/mol. The van der Waals surface area contributed by atoms with Crippen LogP contribution in [0.2, 0.25) is 5.02 Å². The molecule has 1 rings (SSSR count). The topological polar surface area (TPSA) is 35.2 Å². The fourth-order valence-corrected chi connectivity index (χ4v) is 2.06. The number of ether oxygens (including phenoxy) is 1. The van der Waals surface area contributed by atoms with E-state index >= 15 is 0 Å². The average Bonchev–Trinajstić information content (AvgIpc) is 2.28. The summed E-state index contributed by atoms with van der Waals surface area (Å²) in [4.78, 5) is 0. The summed E-state index contributed by atoms with van der Waals surface area (Å²) < 4.78 is 6.11. The first kappa shape index (κ1) is 14.2. The quantitative estimate of drug-likeness (QED) is 0.821. The fourth-order valence-electron chi connectivity index (χ4n) is 1.53. The lowest BCUT2D eigenvalue weighted by atomic mass is 9.93. The van der Waals surface area contributed by atoms with Gasteiger partial charge in [-0.1, -0.05) is 24.6 Å². The zero-order chi connectivity index (χ0) is 12.1. The van der Waals surface area contributed by atoms with Gasteiger partial charge < -0.3 is 10.5 Å². The standard InChI is InChI=1S/C12H17ClINO/c1-8(5-6-16-2)12(15)9-3-4-11(14)10(13)7-9/h3-4,7-8,12H,5-6,15H2,1-2H3. The summed E-state index contributed by atoms with van der Waals surface area (Å²) in [6, 6.07) is 6.02. The van der Waals surface area contributed by atoms with Gasteiger partial charge in [0.1, 0.15) is 0 Å². The lowest BCUT2D eigenvalue weighted by Gasteiger charge is -2.20. The number of hydrogen-bond donors (Lipinski definition) is 1. The zero-order valence-corrected chi connectivity index (χ0v) is 12.5. The summed E-state index contributed by atoms with van der Waals surface area (Å²) >= 11 is 8.29. The Morgan fingerprint density at radius 3 is 2.75 bits per heavy atom.